The minimum absolute atomic E-state index is 0.0364. The molecule has 2 fully saturated rings. The summed E-state index contributed by atoms with van der Waals surface area (Å²) in [4.78, 5) is 31.5. The van der Waals surface area contributed by atoms with Crippen LogP contribution in [0.1, 0.15) is 55.1 Å². The summed E-state index contributed by atoms with van der Waals surface area (Å²) in [7, 11) is 0. The molecule has 1 spiro atoms. The van der Waals surface area contributed by atoms with Crippen LogP contribution in [0.5, 0.6) is 0 Å². The minimum Gasteiger partial charge on any atom is -0.395 e. The van der Waals surface area contributed by atoms with Gasteiger partial charge in [0, 0.05) is 42.6 Å². The number of aromatic nitrogens is 4. The van der Waals surface area contributed by atoms with Crippen LogP contribution in [0.15, 0.2) is 17.2 Å². The second-order valence-corrected chi connectivity index (χ2v) is 8.23. The number of nitrogens with one attached hydrogen (secondary N) is 2. The number of H-pyrrole nitrogens is 1. The van der Waals surface area contributed by atoms with E-state index in [0.717, 1.165) is 80.3 Å². The quantitative estimate of drug-likeness (QED) is 0.716. The number of hydrogen-bond donors (Lipinski definition) is 3. The van der Waals surface area contributed by atoms with Gasteiger partial charge in [-0.2, -0.15) is 0 Å². The molecule has 0 unspecified atom stereocenters. The van der Waals surface area contributed by atoms with Crippen LogP contribution in [0.2, 0.25) is 0 Å². The van der Waals surface area contributed by atoms with Crippen LogP contribution < -0.4 is 15.8 Å². The van der Waals surface area contributed by atoms with E-state index >= 15 is 0 Å². The molecule has 1 aliphatic heterocycles. The van der Waals surface area contributed by atoms with Crippen LogP contribution in [-0.2, 0) is 11.8 Å². The Balaban J connectivity index is 1.35. The summed E-state index contributed by atoms with van der Waals surface area (Å²) < 4.78 is 0. The number of nitrogens with zero attached hydrogens (tertiary/aromatic N) is 4. The average Bonchev–Trinajstić information content (AvgIpc) is 3.52. The minimum atomic E-state index is 0.0364. The zero-order chi connectivity index (χ0) is 19.1. The lowest BCUT2D eigenvalue weighted by Gasteiger charge is -2.40. The Kier molecular flexibility index (Phi) is 4.30. The third-order valence-corrected chi connectivity index (χ3v) is 6.47. The van der Waals surface area contributed by atoms with E-state index in [9.17, 15) is 4.79 Å². The normalized spacial score (nSPS) is 20.4. The molecule has 2 aliphatic carbocycles. The molecule has 2 aromatic heterocycles. The third-order valence-electron chi connectivity index (χ3n) is 6.47. The van der Waals surface area contributed by atoms with Crippen molar-refractivity contribution in [3.05, 3.63) is 39.8 Å². The number of fused-ring (bicyclic) bond motifs is 2. The zero-order valence-corrected chi connectivity index (χ0v) is 15.9. The molecular weight excluding hydrogens is 356 g/mol. The number of aromatic amines is 1. The Labute approximate surface area is 163 Å². The topological polar surface area (TPSA) is 107 Å². The standard InChI is InChI=1S/C20H26N6O2/c27-10-7-21-15-11-16(23-12-22-15)26-8-5-20(6-9-26)4-3-14-17(20)24-18(13-1-2-13)25-19(14)28/h11-13,27H,1-10H2,(H,21,22,23)(H,24,25,28). The lowest BCUT2D eigenvalue weighted by molar-refractivity contribution is 0.311. The van der Waals surface area contributed by atoms with Gasteiger partial charge in [0.1, 0.15) is 23.8 Å². The average molecular weight is 382 g/mol. The second-order valence-electron chi connectivity index (χ2n) is 8.23. The fourth-order valence-electron chi connectivity index (χ4n) is 4.67. The summed E-state index contributed by atoms with van der Waals surface area (Å²) in [6.07, 6.45) is 7.69. The van der Waals surface area contributed by atoms with Gasteiger partial charge >= 0.3 is 0 Å². The molecule has 8 nitrogen and oxygen atoms in total. The fraction of sp³-hybridized carbons (Fsp3) is 0.600. The molecular formula is C20H26N6O2. The van der Waals surface area contributed by atoms with Crippen LogP contribution in [0.25, 0.3) is 0 Å². The Bertz CT molecular complexity index is 931. The summed E-state index contributed by atoms with van der Waals surface area (Å²) in [6.45, 7) is 2.33. The van der Waals surface area contributed by atoms with E-state index in [1.807, 2.05) is 6.07 Å². The van der Waals surface area contributed by atoms with Crippen LogP contribution in [0, 0.1) is 0 Å². The van der Waals surface area contributed by atoms with Gasteiger partial charge in [0.2, 0.25) is 0 Å². The first-order valence-corrected chi connectivity index (χ1v) is 10.2. The summed E-state index contributed by atoms with van der Waals surface area (Å²) >= 11 is 0. The Morgan fingerprint density at radius 2 is 2.07 bits per heavy atom. The SMILES string of the molecule is O=c1[nH]c(C2CC2)nc2c1CCC21CCN(c2cc(NCCO)ncn2)CC1. The molecule has 3 aliphatic rings. The highest BCUT2D eigenvalue weighted by atomic mass is 16.3. The fourth-order valence-corrected chi connectivity index (χ4v) is 4.67. The molecule has 5 rings (SSSR count). The number of aliphatic hydroxyl groups excluding tert-OH is 1. The molecule has 3 N–H and O–H groups in total. The summed E-state index contributed by atoms with van der Waals surface area (Å²) in [6, 6.07) is 1.93. The molecule has 1 saturated heterocycles. The zero-order valence-electron chi connectivity index (χ0n) is 15.9. The lowest BCUT2D eigenvalue weighted by Crippen LogP contribution is -2.42. The van der Waals surface area contributed by atoms with E-state index in [-0.39, 0.29) is 17.6 Å². The molecule has 8 heteroatoms. The highest BCUT2D eigenvalue weighted by Gasteiger charge is 2.44. The molecule has 0 amide bonds. The second kappa shape index (κ2) is 6.84. The molecule has 0 atom stereocenters. The van der Waals surface area contributed by atoms with Gasteiger partial charge in [-0.1, -0.05) is 0 Å². The van der Waals surface area contributed by atoms with Crippen LogP contribution in [0.3, 0.4) is 0 Å². The maximum Gasteiger partial charge on any atom is 0.254 e. The van der Waals surface area contributed by atoms with E-state index in [4.69, 9.17) is 10.1 Å². The first-order chi connectivity index (χ1) is 13.7. The van der Waals surface area contributed by atoms with E-state index in [1.165, 1.54) is 0 Å². The first kappa shape index (κ1) is 17.6. The molecule has 28 heavy (non-hydrogen) atoms. The van der Waals surface area contributed by atoms with Gasteiger partial charge in [0.25, 0.3) is 5.56 Å². The van der Waals surface area contributed by atoms with Crippen molar-refractivity contribution in [3.63, 3.8) is 0 Å². The third kappa shape index (κ3) is 3.05. The summed E-state index contributed by atoms with van der Waals surface area (Å²) in [5.41, 5.74) is 2.11. The van der Waals surface area contributed by atoms with Gasteiger partial charge in [-0.25, -0.2) is 15.0 Å². The lowest BCUT2D eigenvalue weighted by atomic mass is 9.76. The Morgan fingerprint density at radius 3 is 2.82 bits per heavy atom. The molecule has 0 bridgehead atoms. The predicted octanol–water partition coefficient (Wildman–Crippen LogP) is 1.33. The molecule has 148 valence electrons. The van der Waals surface area contributed by atoms with E-state index in [2.05, 4.69) is 25.2 Å². The van der Waals surface area contributed by atoms with Crippen molar-refractivity contribution in [3.8, 4) is 0 Å². The molecule has 1 saturated carbocycles. The van der Waals surface area contributed by atoms with Crippen molar-refractivity contribution in [2.75, 3.05) is 36.5 Å². The molecule has 0 radical (unpaired) electrons. The first-order valence-electron chi connectivity index (χ1n) is 10.2. The van der Waals surface area contributed by atoms with Gasteiger partial charge in [0.05, 0.1) is 12.3 Å². The number of piperidine rings is 1. The van der Waals surface area contributed by atoms with Crippen LogP contribution in [0.4, 0.5) is 11.6 Å². The van der Waals surface area contributed by atoms with Crippen LogP contribution >= 0.6 is 0 Å². The number of aliphatic hydroxyl groups is 1. The molecule has 0 aromatic carbocycles. The monoisotopic (exact) mass is 382 g/mol. The van der Waals surface area contributed by atoms with Gasteiger partial charge in [0.15, 0.2) is 0 Å². The maximum absolute atomic E-state index is 12.6. The van der Waals surface area contributed by atoms with Crippen molar-refractivity contribution >= 4 is 11.6 Å². The van der Waals surface area contributed by atoms with E-state index in [1.54, 1.807) is 6.33 Å². The van der Waals surface area contributed by atoms with Crippen LogP contribution in [-0.4, -0.2) is 51.3 Å². The Morgan fingerprint density at radius 1 is 1.25 bits per heavy atom. The maximum atomic E-state index is 12.6. The number of anilines is 2. The predicted molar refractivity (Wildman–Crippen MR) is 106 cm³/mol. The van der Waals surface area contributed by atoms with Crippen molar-refractivity contribution in [1.82, 2.24) is 19.9 Å². The van der Waals surface area contributed by atoms with Gasteiger partial charge in [-0.3, -0.25) is 4.79 Å². The highest BCUT2D eigenvalue weighted by molar-refractivity contribution is 5.49. The molecule has 3 heterocycles. The van der Waals surface area contributed by atoms with Crippen molar-refractivity contribution in [1.29, 1.82) is 0 Å². The van der Waals surface area contributed by atoms with Gasteiger partial charge < -0.3 is 20.3 Å². The van der Waals surface area contributed by atoms with Crippen molar-refractivity contribution < 1.29 is 5.11 Å². The largest absolute Gasteiger partial charge is 0.395 e. The van der Waals surface area contributed by atoms with E-state index in [0.29, 0.717) is 12.5 Å². The Hall–Kier alpha value is -2.48. The van der Waals surface area contributed by atoms with Gasteiger partial charge in [-0.15, -0.1) is 0 Å². The number of rotatable bonds is 5. The van der Waals surface area contributed by atoms with Gasteiger partial charge in [-0.05, 0) is 38.5 Å². The number of hydrogen-bond acceptors (Lipinski definition) is 7. The smallest absolute Gasteiger partial charge is 0.254 e. The van der Waals surface area contributed by atoms with Crippen molar-refractivity contribution in [2.45, 2.75) is 49.9 Å². The summed E-state index contributed by atoms with van der Waals surface area (Å²) in [5, 5.41) is 12.1. The van der Waals surface area contributed by atoms with Crippen molar-refractivity contribution in [2.24, 2.45) is 0 Å². The highest BCUT2D eigenvalue weighted by Crippen LogP contribution is 2.46. The molecule has 2 aromatic rings. The van der Waals surface area contributed by atoms with E-state index < -0.39 is 0 Å². The summed E-state index contributed by atoms with van der Waals surface area (Å²) in [5.74, 6) is 3.00.